The minimum absolute atomic E-state index is 0.0892. The largest absolute Gasteiger partial charge is 0.390 e. The van der Waals surface area contributed by atoms with Crippen LogP contribution >= 0.6 is 0 Å². The van der Waals surface area contributed by atoms with Gasteiger partial charge in [0.1, 0.15) is 5.69 Å². The molecule has 1 aromatic heterocycles. The highest BCUT2D eigenvalue weighted by Gasteiger charge is 2.25. The Morgan fingerprint density at radius 3 is 2.85 bits per heavy atom. The molecule has 110 valence electrons. The quantitative estimate of drug-likeness (QED) is 0.890. The molecular formula is C15H23N3O2. The lowest BCUT2D eigenvalue weighted by molar-refractivity contribution is 0.0481. The Morgan fingerprint density at radius 2 is 2.15 bits per heavy atom. The third-order valence-corrected chi connectivity index (χ3v) is 3.80. The van der Waals surface area contributed by atoms with Gasteiger partial charge in [0.25, 0.3) is 5.91 Å². The molecule has 20 heavy (non-hydrogen) atoms. The highest BCUT2D eigenvalue weighted by atomic mass is 16.3. The van der Waals surface area contributed by atoms with Crippen molar-refractivity contribution in [2.45, 2.75) is 31.8 Å². The van der Waals surface area contributed by atoms with Gasteiger partial charge >= 0.3 is 0 Å². The molecule has 1 fully saturated rings. The highest BCUT2D eigenvalue weighted by Crippen LogP contribution is 2.25. The summed E-state index contributed by atoms with van der Waals surface area (Å²) in [6.07, 6.45) is 4.19. The number of anilines is 1. The summed E-state index contributed by atoms with van der Waals surface area (Å²) in [7, 11) is 3.44. The first-order chi connectivity index (χ1) is 9.39. The van der Waals surface area contributed by atoms with Gasteiger partial charge in [-0.25, -0.2) is 0 Å². The van der Waals surface area contributed by atoms with E-state index >= 15 is 0 Å². The van der Waals surface area contributed by atoms with Gasteiger partial charge in [0.05, 0.1) is 5.60 Å². The summed E-state index contributed by atoms with van der Waals surface area (Å²) in [5.41, 5.74) is 0.885. The van der Waals surface area contributed by atoms with Crippen molar-refractivity contribution in [3.8, 4) is 0 Å². The summed E-state index contributed by atoms with van der Waals surface area (Å²) in [5, 5.41) is 10.1. The van der Waals surface area contributed by atoms with E-state index in [9.17, 15) is 9.90 Å². The molecule has 0 aliphatic carbocycles. The molecule has 1 unspecified atom stereocenters. The number of carbonyl (C=O) groups is 1. The van der Waals surface area contributed by atoms with Gasteiger partial charge in [-0.2, -0.15) is 0 Å². The molecule has 0 saturated carbocycles. The molecule has 5 heteroatoms. The number of hydrogen-bond acceptors (Lipinski definition) is 4. The van der Waals surface area contributed by atoms with E-state index in [-0.39, 0.29) is 5.91 Å². The molecule has 1 atom stereocenters. The predicted octanol–water partition coefficient (Wildman–Crippen LogP) is 1.52. The number of carbonyl (C=O) groups excluding carboxylic acids is 1. The number of aliphatic hydroxyl groups is 1. The average Bonchev–Trinajstić information content (AvgIpc) is 2.59. The molecule has 1 amide bonds. The molecule has 1 N–H and O–H groups in total. The smallest absolute Gasteiger partial charge is 0.272 e. The second-order valence-electron chi connectivity index (χ2n) is 5.94. The van der Waals surface area contributed by atoms with Crippen LogP contribution in [0.2, 0.25) is 0 Å². The van der Waals surface area contributed by atoms with Crippen molar-refractivity contribution in [2.24, 2.45) is 0 Å². The lowest BCUT2D eigenvalue weighted by Crippen LogP contribution is -2.29. The van der Waals surface area contributed by atoms with Crippen LogP contribution in [0.15, 0.2) is 18.3 Å². The highest BCUT2D eigenvalue weighted by molar-refractivity contribution is 5.92. The topological polar surface area (TPSA) is 56.7 Å². The van der Waals surface area contributed by atoms with Gasteiger partial charge in [-0.15, -0.1) is 0 Å². The maximum absolute atomic E-state index is 12.0. The Hall–Kier alpha value is -1.62. The standard InChI is InChI=1S/C15H23N3O2/c1-15(20)6-4-9-18(10-7-15)12-5-8-16-13(11-12)14(19)17(2)3/h5,8,11,20H,4,6-7,9-10H2,1-3H3. The summed E-state index contributed by atoms with van der Waals surface area (Å²) < 4.78 is 0. The molecule has 0 spiro atoms. The fourth-order valence-corrected chi connectivity index (χ4v) is 2.48. The third-order valence-electron chi connectivity index (χ3n) is 3.80. The minimum Gasteiger partial charge on any atom is -0.390 e. The monoisotopic (exact) mass is 277 g/mol. The van der Waals surface area contributed by atoms with Crippen molar-refractivity contribution in [3.05, 3.63) is 24.0 Å². The number of rotatable bonds is 2. The van der Waals surface area contributed by atoms with Crippen LogP contribution in [0.4, 0.5) is 5.69 Å². The van der Waals surface area contributed by atoms with Crippen LogP contribution in [-0.4, -0.2) is 53.7 Å². The predicted molar refractivity (Wildman–Crippen MR) is 78.9 cm³/mol. The molecule has 1 aliphatic heterocycles. The Kier molecular flexibility index (Phi) is 4.28. The van der Waals surface area contributed by atoms with E-state index < -0.39 is 5.60 Å². The normalized spacial score (nSPS) is 23.3. The second-order valence-corrected chi connectivity index (χ2v) is 5.94. The Bertz CT molecular complexity index is 486. The van der Waals surface area contributed by atoms with E-state index in [2.05, 4.69) is 9.88 Å². The van der Waals surface area contributed by atoms with Crippen LogP contribution in [0.3, 0.4) is 0 Å². The van der Waals surface area contributed by atoms with Gasteiger partial charge in [-0.3, -0.25) is 9.78 Å². The summed E-state index contributed by atoms with van der Waals surface area (Å²) in [5.74, 6) is -0.0892. The van der Waals surface area contributed by atoms with Gasteiger partial charge < -0.3 is 14.9 Å². The van der Waals surface area contributed by atoms with E-state index in [1.165, 1.54) is 4.90 Å². The first-order valence-electron chi connectivity index (χ1n) is 7.04. The maximum Gasteiger partial charge on any atom is 0.272 e. The van der Waals surface area contributed by atoms with Crippen molar-refractivity contribution in [1.29, 1.82) is 0 Å². The molecule has 5 nitrogen and oxygen atoms in total. The van der Waals surface area contributed by atoms with Crippen molar-refractivity contribution < 1.29 is 9.90 Å². The third kappa shape index (κ3) is 3.48. The van der Waals surface area contributed by atoms with Gasteiger partial charge in [0, 0.05) is 39.1 Å². The first kappa shape index (κ1) is 14.8. The number of nitrogens with zero attached hydrogens (tertiary/aromatic N) is 3. The number of pyridine rings is 1. The Labute approximate surface area is 120 Å². The maximum atomic E-state index is 12.0. The van der Waals surface area contributed by atoms with Crippen molar-refractivity contribution in [2.75, 3.05) is 32.1 Å². The SMILES string of the molecule is CN(C)C(=O)c1cc(N2CCCC(C)(O)CC2)ccn1. The van der Waals surface area contributed by atoms with E-state index in [1.807, 2.05) is 19.1 Å². The summed E-state index contributed by atoms with van der Waals surface area (Å²) in [4.78, 5) is 19.8. The van der Waals surface area contributed by atoms with Crippen molar-refractivity contribution >= 4 is 11.6 Å². The number of aromatic nitrogens is 1. The molecule has 1 aromatic rings. The zero-order valence-electron chi connectivity index (χ0n) is 12.5. The number of amides is 1. The zero-order valence-corrected chi connectivity index (χ0v) is 12.5. The fraction of sp³-hybridized carbons (Fsp3) is 0.600. The summed E-state index contributed by atoms with van der Waals surface area (Å²) in [6.45, 7) is 3.59. The average molecular weight is 277 g/mol. The lowest BCUT2D eigenvalue weighted by Gasteiger charge is -2.24. The van der Waals surface area contributed by atoms with Gasteiger partial charge in [-0.05, 0) is 38.3 Å². The van der Waals surface area contributed by atoms with Gasteiger partial charge in [0.15, 0.2) is 0 Å². The molecule has 0 aromatic carbocycles. The molecule has 0 bridgehead atoms. The molecule has 1 aliphatic rings. The minimum atomic E-state index is -0.579. The molecule has 1 saturated heterocycles. The van der Waals surface area contributed by atoms with Crippen LogP contribution in [0.5, 0.6) is 0 Å². The van der Waals surface area contributed by atoms with Gasteiger partial charge in [0.2, 0.25) is 0 Å². The summed E-state index contributed by atoms with van der Waals surface area (Å²) in [6, 6.07) is 3.76. The van der Waals surface area contributed by atoms with Crippen LogP contribution in [0.25, 0.3) is 0 Å². The molecule has 0 radical (unpaired) electrons. The van der Waals surface area contributed by atoms with Crippen LogP contribution in [0.1, 0.15) is 36.7 Å². The van der Waals surface area contributed by atoms with E-state index in [1.54, 1.807) is 20.3 Å². The van der Waals surface area contributed by atoms with Gasteiger partial charge in [-0.1, -0.05) is 0 Å². The fourth-order valence-electron chi connectivity index (χ4n) is 2.48. The lowest BCUT2D eigenvalue weighted by atomic mass is 9.98. The molecule has 2 rings (SSSR count). The zero-order chi connectivity index (χ0) is 14.8. The van der Waals surface area contributed by atoms with E-state index in [0.29, 0.717) is 5.69 Å². The molecular weight excluding hydrogens is 254 g/mol. The van der Waals surface area contributed by atoms with E-state index in [4.69, 9.17) is 0 Å². The number of hydrogen-bond donors (Lipinski definition) is 1. The molecule has 2 heterocycles. The van der Waals surface area contributed by atoms with Crippen LogP contribution in [0, 0.1) is 0 Å². The van der Waals surface area contributed by atoms with E-state index in [0.717, 1.165) is 38.0 Å². The summed E-state index contributed by atoms with van der Waals surface area (Å²) >= 11 is 0. The van der Waals surface area contributed by atoms with Crippen LogP contribution in [-0.2, 0) is 0 Å². The van der Waals surface area contributed by atoms with Crippen molar-refractivity contribution in [1.82, 2.24) is 9.88 Å². The first-order valence-corrected chi connectivity index (χ1v) is 7.04. The van der Waals surface area contributed by atoms with Crippen LogP contribution < -0.4 is 4.90 Å². The Morgan fingerprint density at radius 1 is 1.40 bits per heavy atom. The van der Waals surface area contributed by atoms with Crippen molar-refractivity contribution in [3.63, 3.8) is 0 Å². The second kappa shape index (κ2) is 5.79. The Balaban J connectivity index is 2.17.